The van der Waals surface area contributed by atoms with E-state index in [0.29, 0.717) is 24.6 Å². The van der Waals surface area contributed by atoms with E-state index in [1.807, 2.05) is 0 Å². The van der Waals surface area contributed by atoms with Crippen LogP contribution in [0.4, 0.5) is 4.39 Å². The molecule has 0 saturated heterocycles. The Balaban J connectivity index is 1.49. The standard InChI is InChI=1S/C29H38FNO4/c1-5-21(16-28(33)34-6-2)24-11-12-26(30)27(15-24)35-19-25(32)18-31-29(3,4)17-20-13-22-9-7-8-10-23(22)14-20/h5,7-12,15,20-21,25,31-32H,1,6,13-14,16-19H2,2-4H3/t21?,25-/m1/s1. The minimum atomic E-state index is -0.798. The Labute approximate surface area is 208 Å². The van der Waals surface area contributed by atoms with Crippen molar-refractivity contribution >= 4 is 5.97 Å². The van der Waals surface area contributed by atoms with Gasteiger partial charge in [-0.3, -0.25) is 4.79 Å². The highest BCUT2D eigenvalue weighted by Gasteiger charge is 2.28. The van der Waals surface area contributed by atoms with Crippen molar-refractivity contribution in [2.24, 2.45) is 5.92 Å². The molecule has 0 heterocycles. The lowest BCUT2D eigenvalue weighted by Gasteiger charge is -2.30. The van der Waals surface area contributed by atoms with Crippen LogP contribution in [-0.4, -0.2) is 42.5 Å². The minimum absolute atomic E-state index is 0.0419. The molecule has 0 saturated carbocycles. The molecule has 35 heavy (non-hydrogen) atoms. The number of carbonyl (C=O) groups excluding carboxylic acids is 1. The average Bonchev–Trinajstić information content (AvgIpc) is 3.22. The number of aliphatic hydroxyl groups is 1. The Bertz CT molecular complexity index is 981. The van der Waals surface area contributed by atoms with Crippen molar-refractivity contribution in [2.45, 2.75) is 64.0 Å². The number of esters is 1. The van der Waals surface area contributed by atoms with Gasteiger partial charge in [-0.2, -0.15) is 0 Å². The van der Waals surface area contributed by atoms with Gasteiger partial charge in [0, 0.05) is 18.0 Å². The van der Waals surface area contributed by atoms with E-state index in [1.165, 1.54) is 17.2 Å². The van der Waals surface area contributed by atoms with E-state index in [-0.39, 0.29) is 36.2 Å². The first-order chi connectivity index (χ1) is 16.7. The highest BCUT2D eigenvalue weighted by molar-refractivity contribution is 5.71. The van der Waals surface area contributed by atoms with E-state index in [4.69, 9.17) is 9.47 Å². The summed E-state index contributed by atoms with van der Waals surface area (Å²) in [6, 6.07) is 13.1. The molecule has 1 unspecified atom stereocenters. The van der Waals surface area contributed by atoms with E-state index in [0.717, 1.165) is 19.3 Å². The van der Waals surface area contributed by atoms with Crippen LogP contribution in [0.15, 0.2) is 55.1 Å². The maximum Gasteiger partial charge on any atom is 0.306 e. The number of fused-ring (bicyclic) bond motifs is 1. The van der Waals surface area contributed by atoms with Gasteiger partial charge in [-0.1, -0.05) is 36.4 Å². The lowest BCUT2D eigenvalue weighted by atomic mass is 9.88. The topological polar surface area (TPSA) is 67.8 Å². The predicted molar refractivity (Wildman–Crippen MR) is 136 cm³/mol. The molecule has 190 valence electrons. The summed E-state index contributed by atoms with van der Waals surface area (Å²) < 4.78 is 25.0. The van der Waals surface area contributed by atoms with Crippen LogP contribution in [0, 0.1) is 11.7 Å². The number of allylic oxidation sites excluding steroid dienone is 1. The van der Waals surface area contributed by atoms with Crippen LogP contribution in [0.5, 0.6) is 5.75 Å². The fraction of sp³-hybridized carbons (Fsp3) is 0.483. The van der Waals surface area contributed by atoms with Gasteiger partial charge in [-0.25, -0.2) is 4.39 Å². The smallest absolute Gasteiger partial charge is 0.306 e. The van der Waals surface area contributed by atoms with Gasteiger partial charge in [0.2, 0.25) is 0 Å². The number of ether oxygens (including phenoxy) is 2. The van der Waals surface area contributed by atoms with Gasteiger partial charge in [-0.05, 0) is 74.8 Å². The van der Waals surface area contributed by atoms with Crippen LogP contribution >= 0.6 is 0 Å². The number of aliphatic hydroxyl groups excluding tert-OH is 1. The number of halogens is 1. The molecule has 1 aliphatic rings. The average molecular weight is 484 g/mol. The molecule has 2 aromatic carbocycles. The van der Waals surface area contributed by atoms with Crippen LogP contribution in [0.1, 0.15) is 56.2 Å². The largest absolute Gasteiger partial charge is 0.488 e. The zero-order valence-electron chi connectivity index (χ0n) is 21.1. The van der Waals surface area contributed by atoms with Gasteiger partial charge in [0.05, 0.1) is 13.0 Å². The molecule has 6 heteroatoms. The van der Waals surface area contributed by atoms with E-state index in [9.17, 15) is 14.3 Å². The number of hydrogen-bond donors (Lipinski definition) is 2. The van der Waals surface area contributed by atoms with Gasteiger partial charge in [0.25, 0.3) is 0 Å². The third kappa shape index (κ3) is 7.91. The van der Waals surface area contributed by atoms with Crippen LogP contribution < -0.4 is 10.1 Å². The molecular formula is C29H38FNO4. The van der Waals surface area contributed by atoms with Crippen molar-refractivity contribution in [1.82, 2.24) is 5.32 Å². The van der Waals surface area contributed by atoms with Gasteiger partial charge >= 0.3 is 5.97 Å². The molecule has 2 N–H and O–H groups in total. The molecule has 2 aromatic rings. The molecule has 0 spiro atoms. The number of carbonyl (C=O) groups is 1. The summed E-state index contributed by atoms with van der Waals surface area (Å²) in [6.07, 6.45) is 4.13. The fourth-order valence-corrected chi connectivity index (χ4v) is 4.83. The second-order valence-electron chi connectivity index (χ2n) is 10.0. The van der Waals surface area contributed by atoms with Crippen molar-refractivity contribution in [2.75, 3.05) is 19.8 Å². The van der Waals surface area contributed by atoms with Gasteiger partial charge in [0.1, 0.15) is 12.7 Å². The summed E-state index contributed by atoms with van der Waals surface area (Å²) in [5, 5.41) is 13.9. The summed E-state index contributed by atoms with van der Waals surface area (Å²) in [6.45, 7) is 10.4. The van der Waals surface area contributed by atoms with Crippen LogP contribution in [0.2, 0.25) is 0 Å². The normalized spacial score (nSPS) is 15.3. The second-order valence-corrected chi connectivity index (χ2v) is 10.0. The summed E-state index contributed by atoms with van der Waals surface area (Å²) >= 11 is 0. The molecule has 1 aliphatic carbocycles. The van der Waals surface area contributed by atoms with Crippen molar-refractivity contribution in [3.05, 3.63) is 77.6 Å². The number of hydrogen-bond acceptors (Lipinski definition) is 5. The van der Waals surface area contributed by atoms with E-state index in [1.54, 1.807) is 25.1 Å². The molecule has 3 rings (SSSR count). The third-order valence-electron chi connectivity index (χ3n) is 6.54. The first kappa shape index (κ1) is 26.9. The van der Waals surface area contributed by atoms with Crippen molar-refractivity contribution in [3.8, 4) is 5.75 Å². The molecule has 0 radical (unpaired) electrons. The molecule has 0 aliphatic heterocycles. The fourth-order valence-electron chi connectivity index (χ4n) is 4.83. The van der Waals surface area contributed by atoms with E-state index >= 15 is 0 Å². The molecule has 0 bridgehead atoms. The maximum absolute atomic E-state index is 14.3. The Morgan fingerprint density at radius 1 is 1.26 bits per heavy atom. The maximum atomic E-state index is 14.3. The van der Waals surface area contributed by atoms with Crippen molar-refractivity contribution in [1.29, 1.82) is 0 Å². The Morgan fingerprint density at radius 2 is 1.94 bits per heavy atom. The molecule has 0 amide bonds. The molecule has 2 atom stereocenters. The summed E-state index contributed by atoms with van der Waals surface area (Å²) in [7, 11) is 0. The van der Waals surface area contributed by atoms with Crippen molar-refractivity contribution < 1.29 is 23.8 Å². The molecule has 5 nitrogen and oxygen atoms in total. The SMILES string of the molecule is C=CC(CC(=O)OCC)c1ccc(F)c(OC[C@H](O)CNC(C)(C)CC2Cc3ccccc3C2)c1. The van der Waals surface area contributed by atoms with Crippen LogP contribution in [0.3, 0.4) is 0 Å². The van der Waals surface area contributed by atoms with E-state index < -0.39 is 11.9 Å². The van der Waals surface area contributed by atoms with Crippen LogP contribution in [-0.2, 0) is 22.4 Å². The summed E-state index contributed by atoms with van der Waals surface area (Å²) in [5.74, 6) is -0.553. The van der Waals surface area contributed by atoms with Gasteiger partial charge in [-0.15, -0.1) is 6.58 Å². The number of rotatable bonds is 13. The predicted octanol–water partition coefficient (Wildman–Crippen LogP) is 4.96. The minimum Gasteiger partial charge on any atom is -0.488 e. The lowest BCUT2D eigenvalue weighted by Crippen LogP contribution is -2.46. The first-order valence-electron chi connectivity index (χ1n) is 12.4. The number of benzene rings is 2. The molecule has 0 fully saturated rings. The summed E-state index contributed by atoms with van der Waals surface area (Å²) in [5.41, 5.74) is 3.43. The van der Waals surface area contributed by atoms with Gasteiger partial charge < -0.3 is 19.9 Å². The quantitative estimate of drug-likeness (QED) is 0.311. The molecule has 0 aromatic heterocycles. The highest BCUT2D eigenvalue weighted by Crippen LogP contribution is 2.32. The highest BCUT2D eigenvalue weighted by atomic mass is 19.1. The second kappa shape index (κ2) is 12.3. The number of nitrogens with one attached hydrogen (secondary N) is 1. The summed E-state index contributed by atoms with van der Waals surface area (Å²) in [4.78, 5) is 11.9. The van der Waals surface area contributed by atoms with Crippen molar-refractivity contribution in [3.63, 3.8) is 0 Å². The lowest BCUT2D eigenvalue weighted by molar-refractivity contribution is -0.143. The van der Waals surface area contributed by atoms with Crippen LogP contribution in [0.25, 0.3) is 0 Å². The number of β-amino-alcohol motifs (C(OH)–C–C–N with tert-alkyl or cyclic N) is 1. The Hall–Kier alpha value is -2.70. The zero-order chi connectivity index (χ0) is 25.4. The third-order valence-corrected chi connectivity index (χ3v) is 6.54. The van der Waals surface area contributed by atoms with E-state index in [2.05, 4.69) is 50.0 Å². The Kier molecular flexibility index (Phi) is 9.47. The zero-order valence-corrected chi connectivity index (χ0v) is 21.1. The van der Waals surface area contributed by atoms with Gasteiger partial charge in [0.15, 0.2) is 11.6 Å². The molecular weight excluding hydrogens is 445 g/mol. The monoisotopic (exact) mass is 483 g/mol. The first-order valence-corrected chi connectivity index (χ1v) is 12.4. The Morgan fingerprint density at radius 3 is 2.57 bits per heavy atom.